The number of ether oxygens (including phenoxy) is 1. The lowest BCUT2D eigenvalue weighted by Gasteiger charge is -2.23. The molecule has 1 fully saturated rings. The van der Waals surface area contributed by atoms with Gasteiger partial charge in [0.1, 0.15) is 11.6 Å². The Morgan fingerprint density at radius 2 is 1.71 bits per heavy atom. The molecule has 5 rings (SSSR count). The van der Waals surface area contributed by atoms with Crippen LogP contribution < -0.4 is 4.74 Å². The van der Waals surface area contributed by atoms with Gasteiger partial charge in [0.2, 0.25) is 5.88 Å². The summed E-state index contributed by atoms with van der Waals surface area (Å²) in [5.74, 6) is 0.454. The lowest BCUT2D eigenvalue weighted by Crippen LogP contribution is -2.33. The molecule has 1 aliphatic carbocycles. The molecule has 1 saturated carbocycles. The number of nitrogens with zero attached hydrogens (tertiary/aromatic N) is 3. The Morgan fingerprint density at radius 1 is 1.03 bits per heavy atom. The highest BCUT2D eigenvalue weighted by molar-refractivity contribution is 5.95. The highest BCUT2D eigenvalue weighted by Gasteiger charge is 2.36. The van der Waals surface area contributed by atoms with E-state index < -0.39 is 5.82 Å². The van der Waals surface area contributed by atoms with E-state index in [9.17, 15) is 9.18 Å². The van der Waals surface area contributed by atoms with Crippen molar-refractivity contribution in [2.45, 2.75) is 45.7 Å². The second-order valence-corrected chi connectivity index (χ2v) is 8.89. The van der Waals surface area contributed by atoms with Gasteiger partial charge in [-0.1, -0.05) is 55.0 Å². The van der Waals surface area contributed by atoms with Gasteiger partial charge in [0.15, 0.2) is 0 Å². The van der Waals surface area contributed by atoms with E-state index in [-0.39, 0.29) is 17.5 Å². The fourth-order valence-electron chi connectivity index (χ4n) is 4.20. The number of amides is 1. The molecule has 0 unspecified atom stereocenters. The maximum Gasteiger partial charge on any atom is 0.257 e. The number of para-hydroxylation sites is 1. The summed E-state index contributed by atoms with van der Waals surface area (Å²) in [6, 6.07) is 23.9. The molecule has 0 atom stereocenters. The number of aryl methyl sites for hydroxylation is 2. The number of aromatic nitrogens is 2. The first-order valence-corrected chi connectivity index (χ1v) is 12.0. The Bertz CT molecular complexity index is 1330. The summed E-state index contributed by atoms with van der Waals surface area (Å²) in [4.78, 5) is 15.2. The topological polar surface area (TPSA) is 47.4 Å². The Balaban J connectivity index is 1.58. The molecule has 0 saturated heterocycles. The van der Waals surface area contributed by atoms with Crippen molar-refractivity contribution in [3.8, 4) is 17.3 Å². The molecule has 1 heterocycles. The van der Waals surface area contributed by atoms with E-state index in [1.54, 1.807) is 27.8 Å². The molecule has 1 amide bonds. The molecule has 0 spiro atoms. The van der Waals surface area contributed by atoms with Crippen molar-refractivity contribution in [3.05, 3.63) is 107 Å². The quantitative estimate of drug-likeness (QED) is 0.297. The van der Waals surface area contributed by atoms with Crippen molar-refractivity contribution in [3.63, 3.8) is 0 Å². The number of halogens is 1. The monoisotopic (exact) mass is 469 g/mol. The minimum absolute atomic E-state index is 0.0825. The van der Waals surface area contributed by atoms with Crippen LogP contribution in [0.5, 0.6) is 11.6 Å². The first-order chi connectivity index (χ1) is 17.0. The van der Waals surface area contributed by atoms with Crippen molar-refractivity contribution >= 4 is 5.91 Å². The van der Waals surface area contributed by atoms with Gasteiger partial charge in [-0.3, -0.25) is 4.79 Å². The van der Waals surface area contributed by atoms with Crippen molar-refractivity contribution < 1.29 is 13.9 Å². The first kappa shape index (κ1) is 22.8. The Hall–Kier alpha value is -3.93. The minimum Gasteiger partial charge on any atom is -0.439 e. The smallest absolute Gasteiger partial charge is 0.257 e. The minimum atomic E-state index is -0.505. The number of carbonyl (C=O) groups excluding carboxylic acids is 1. The van der Waals surface area contributed by atoms with Crippen molar-refractivity contribution in [1.29, 1.82) is 0 Å². The maximum absolute atomic E-state index is 14.5. The number of carbonyl (C=O) groups is 1. The molecule has 0 N–H and O–H groups in total. The second-order valence-electron chi connectivity index (χ2n) is 8.89. The van der Waals surface area contributed by atoms with E-state index >= 15 is 0 Å². The fourth-order valence-corrected chi connectivity index (χ4v) is 4.20. The van der Waals surface area contributed by atoms with Gasteiger partial charge in [0.25, 0.3) is 5.91 Å². The van der Waals surface area contributed by atoms with Gasteiger partial charge < -0.3 is 9.64 Å². The highest BCUT2D eigenvalue weighted by Crippen LogP contribution is 2.36. The normalized spacial score (nSPS) is 13.0. The molecular weight excluding hydrogens is 441 g/mol. The third-order valence-corrected chi connectivity index (χ3v) is 6.27. The van der Waals surface area contributed by atoms with Crippen LogP contribution in [-0.4, -0.2) is 26.6 Å². The zero-order valence-electron chi connectivity index (χ0n) is 19.9. The third kappa shape index (κ3) is 4.83. The average Bonchev–Trinajstić information content (AvgIpc) is 3.67. The Kier molecular flexibility index (Phi) is 6.36. The van der Waals surface area contributed by atoms with E-state index in [0.29, 0.717) is 24.6 Å². The van der Waals surface area contributed by atoms with Gasteiger partial charge in [0.05, 0.1) is 29.1 Å². The summed E-state index contributed by atoms with van der Waals surface area (Å²) in [6.45, 7) is 4.37. The van der Waals surface area contributed by atoms with Gasteiger partial charge >= 0.3 is 0 Å². The van der Waals surface area contributed by atoms with Crippen LogP contribution in [0.2, 0.25) is 0 Å². The van der Waals surface area contributed by atoms with Crippen LogP contribution in [-0.2, 0) is 13.0 Å². The second kappa shape index (κ2) is 9.74. The van der Waals surface area contributed by atoms with Gasteiger partial charge in [-0.2, -0.15) is 5.10 Å². The van der Waals surface area contributed by atoms with Gasteiger partial charge in [0, 0.05) is 6.04 Å². The zero-order chi connectivity index (χ0) is 24.4. The van der Waals surface area contributed by atoms with Crippen LogP contribution in [0.4, 0.5) is 4.39 Å². The molecule has 35 heavy (non-hydrogen) atoms. The number of benzene rings is 3. The Morgan fingerprint density at radius 3 is 2.37 bits per heavy atom. The van der Waals surface area contributed by atoms with Gasteiger partial charge in [-0.15, -0.1) is 0 Å². The zero-order valence-corrected chi connectivity index (χ0v) is 19.9. The van der Waals surface area contributed by atoms with E-state index in [4.69, 9.17) is 9.84 Å². The van der Waals surface area contributed by atoms with E-state index in [1.165, 1.54) is 6.07 Å². The summed E-state index contributed by atoms with van der Waals surface area (Å²) in [5.41, 5.74) is 3.79. The van der Waals surface area contributed by atoms with Gasteiger partial charge in [-0.05, 0) is 62.6 Å². The fraction of sp³-hybridized carbons (Fsp3) is 0.241. The summed E-state index contributed by atoms with van der Waals surface area (Å²) < 4.78 is 22.7. The van der Waals surface area contributed by atoms with E-state index in [0.717, 1.165) is 35.3 Å². The standard InChI is InChI=1S/C29H28FN3O2/c1-3-27-25(19-32(21-15-16-21)28(34)24-11-7-8-12-26(24)30)29(35-23-17-13-20(2)14-18-23)33(31-27)22-9-5-4-6-10-22/h4-14,17-18,21H,3,15-16,19H2,1-2H3. The molecule has 1 aliphatic rings. The van der Waals surface area contributed by atoms with Crippen LogP contribution in [0, 0.1) is 12.7 Å². The van der Waals surface area contributed by atoms with Crippen LogP contribution in [0.25, 0.3) is 5.69 Å². The highest BCUT2D eigenvalue weighted by atomic mass is 19.1. The maximum atomic E-state index is 14.5. The summed E-state index contributed by atoms with van der Waals surface area (Å²) >= 11 is 0. The van der Waals surface area contributed by atoms with Crippen LogP contribution in [0.3, 0.4) is 0 Å². The molecular formula is C29H28FN3O2. The molecule has 178 valence electrons. The summed E-state index contributed by atoms with van der Waals surface area (Å²) in [6.07, 6.45) is 2.48. The summed E-state index contributed by atoms with van der Waals surface area (Å²) in [7, 11) is 0. The number of hydrogen-bond donors (Lipinski definition) is 0. The predicted octanol–water partition coefficient (Wildman–Crippen LogP) is 6.48. The molecule has 0 radical (unpaired) electrons. The van der Waals surface area contributed by atoms with E-state index in [1.807, 2.05) is 68.4 Å². The number of hydrogen-bond acceptors (Lipinski definition) is 3. The SMILES string of the molecule is CCc1nn(-c2ccccc2)c(Oc2ccc(C)cc2)c1CN(C(=O)c1ccccc1F)C1CC1. The van der Waals surface area contributed by atoms with Crippen molar-refractivity contribution in [2.75, 3.05) is 0 Å². The summed E-state index contributed by atoms with van der Waals surface area (Å²) in [5, 5.41) is 4.87. The molecule has 0 aliphatic heterocycles. The lowest BCUT2D eigenvalue weighted by atomic mass is 10.1. The molecule has 3 aromatic carbocycles. The lowest BCUT2D eigenvalue weighted by molar-refractivity contribution is 0.0724. The molecule has 1 aromatic heterocycles. The number of rotatable bonds is 8. The largest absolute Gasteiger partial charge is 0.439 e. The molecule has 4 aromatic rings. The van der Waals surface area contributed by atoms with Crippen LogP contribution in [0.15, 0.2) is 78.9 Å². The third-order valence-electron chi connectivity index (χ3n) is 6.27. The first-order valence-electron chi connectivity index (χ1n) is 12.0. The average molecular weight is 470 g/mol. The molecule has 0 bridgehead atoms. The van der Waals surface area contributed by atoms with Crippen molar-refractivity contribution in [1.82, 2.24) is 14.7 Å². The predicted molar refractivity (Wildman–Crippen MR) is 133 cm³/mol. The molecule has 5 nitrogen and oxygen atoms in total. The van der Waals surface area contributed by atoms with E-state index in [2.05, 4.69) is 0 Å². The van der Waals surface area contributed by atoms with Crippen LogP contribution in [0.1, 0.15) is 46.9 Å². The van der Waals surface area contributed by atoms with Crippen molar-refractivity contribution in [2.24, 2.45) is 0 Å². The van der Waals surface area contributed by atoms with Gasteiger partial charge in [-0.25, -0.2) is 9.07 Å². The van der Waals surface area contributed by atoms with Crippen LogP contribution >= 0.6 is 0 Å². The Labute approximate surface area is 204 Å². The molecule has 6 heteroatoms.